The lowest BCUT2D eigenvalue weighted by atomic mass is 10.0. The molecule has 0 saturated carbocycles. The smallest absolute Gasteiger partial charge is 0.227 e. The van der Waals surface area contributed by atoms with Gasteiger partial charge in [0.2, 0.25) is 5.91 Å². The normalized spacial score (nSPS) is 24.2. The van der Waals surface area contributed by atoms with Crippen molar-refractivity contribution in [3.63, 3.8) is 0 Å². The second kappa shape index (κ2) is 7.60. The van der Waals surface area contributed by atoms with Crippen LogP contribution in [-0.4, -0.2) is 51.2 Å². The van der Waals surface area contributed by atoms with Crippen molar-refractivity contribution in [1.29, 1.82) is 0 Å². The predicted molar refractivity (Wildman–Crippen MR) is 62.3 cm³/mol. The van der Waals surface area contributed by atoms with Gasteiger partial charge in [-0.2, -0.15) is 0 Å². The molecule has 1 rings (SSSR count). The maximum absolute atomic E-state index is 11.8. The van der Waals surface area contributed by atoms with Crippen LogP contribution in [-0.2, 0) is 19.0 Å². The highest BCUT2D eigenvalue weighted by Gasteiger charge is 2.31. The van der Waals surface area contributed by atoms with Crippen LogP contribution in [0.1, 0.15) is 13.8 Å². The molecule has 0 bridgehead atoms. The first-order valence-corrected chi connectivity index (χ1v) is 6.03. The Balaban J connectivity index is 2.29. The minimum Gasteiger partial charge on any atom is -0.379 e. The zero-order chi connectivity index (χ0) is 12.7. The van der Waals surface area contributed by atoms with Crippen LogP contribution in [0.5, 0.6) is 0 Å². The molecule has 1 heterocycles. The highest BCUT2D eigenvalue weighted by Crippen LogP contribution is 2.11. The quantitative estimate of drug-likeness (QED) is 0.590. The summed E-state index contributed by atoms with van der Waals surface area (Å²) in [6, 6.07) is -0.215. The fraction of sp³-hybridized carbons (Fsp3) is 0.909. The molecule has 2 atom stereocenters. The van der Waals surface area contributed by atoms with E-state index in [2.05, 4.69) is 5.32 Å². The van der Waals surface area contributed by atoms with Gasteiger partial charge < -0.3 is 25.3 Å². The molecule has 1 saturated heterocycles. The summed E-state index contributed by atoms with van der Waals surface area (Å²) in [6.07, 6.45) is -0.396. The molecular formula is C11H22N2O4. The predicted octanol–water partition coefficient (Wildman–Crippen LogP) is -0.525. The molecule has 6 nitrogen and oxygen atoms in total. The van der Waals surface area contributed by atoms with E-state index in [0.717, 1.165) is 0 Å². The summed E-state index contributed by atoms with van der Waals surface area (Å²) in [5, 5.41) is 2.78. The molecule has 1 amide bonds. The molecule has 17 heavy (non-hydrogen) atoms. The molecule has 0 aliphatic carbocycles. The minimum absolute atomic E-state index is 0.0978. The van der Waals surface area contributed by atoms with E-state index in [0.29, 0.717) is 33.0 Å². The monoisotopic (exact) mass is 246 g/mol. The second-order valence-electron chi connectivity index (χ2n) is 3.89. The molecule has 1 fully saturated rings. The van der Waals surface area contributed by atoms with Crippen molar-refractivity contribution < 1.29 is 19.0 Å². The fourth-order valence-corrected chi connectivity index (χ4v) is 1.69. The molecule has 0 spiro atoms. The van der Waals surface area contributed by atoms with Crippen molar-refractivity contribution >= 4 is 5.91 Å². The summed E-state index contributed by atoms with van der Waals surface area (Å²) in [5.74, 6) is -0.363. The Labute approximate surface area is 102 Å². The third-order valence-electron chi connectivity index (χ3n) is 2.61. The van der Waals surface area contributed by atoms with Crippen molar-refractivity contribution in [3.05, 3.63) is 0 Å². The van der Waals surface area contributed by atoms with Crippen LogP contribution in [0, 0.1) is 5.92 Å². The molecular weight excluding hydrogens is 224 g/mol. The van der Waals surface area contributed by atoms with Gasteiger partial charge in [0.05, 0.1) is 25.7 Å². The Bertz CT molecular complexity index is 232. The van der Waals surface area contributed by atoms with Gasteiger partial charge in [0.1, 0.15) is 0 Å². The number of rotatable bonds is 7. The van der Waals surface area contributed by atoms with Gasteiger partial charge in [-0.05, 0) is 13.8 Å². The Hall–Kier alpha value is -0.690. The summed E-state index contributed by atoms with van der Waals surface area (Å²) in [6.45, 7) is 6.03. The lowest BCUT2D eigenvalue weighted by molar-refractivity contribution is -0.142. The highest BCUT2D eigenvalue weighted by molar-refractivity contribution is 5.79. The molecule has 3 N–H and O–H groups in total. The Kier molecular flexibility index (Phi) is 6.43. The highest BCUT2D eigenvalue weighted by atomic mass is 16.7. The lowest BCUT2D eigenvalue weighted by Crippen LogP contribution is -2.44. The van der Waals surface area contributed by atoms with Gasteiger partial charge in [-0.1, -0.05) is 0 Å². The summed E-state index contributed by atoms with van der Waals surface area (Å²) in [7, 11) is 0. The number of ether oxygens (including phenoxy) is 3. The van der Waals surface area contributed by atoms with Crippen LogP contribution in [0.4, 0.5) is 0 Å². The zero-order valence-electron chi connectivity index (χ0n) is 10.5. The molecule has 1 aliphatic rings. The molecule has 1 aliphatic heterocycles. The van der Waals surface area contributed by atoms with E-state index in [1.165, 1.54) is 0 Å². The van der Waals surface area contributed by atoms with E-state index < -0.39 is 6.29 Å². The summed E-state index contributed by atoms with van der Waals surface area (Å²) in [4.78, 5) is 11.8. The molecule has 0 aromatic heterocycles. The van der Waals surface area contributed by atoms with Crippen molar-refractivity contribution in [2.45, 2.75) is 26.2 Å². The van der Waals surface area contributed by atoms with Gasteiger partial charge in [0.25, 0.3) is 0 Å². The van der Waals surface area contributed by atoms with Crippen LogP contribution < -0.4 is 11.1 Å². The number of nitrogens with one attached hydrogen (secondary N) is 1. The van der Waals surface area contributed by atoms with E-state index in [9.17, 15) is 4.79 Å². The van der Waals surface area contributed by atoms with Gasteiger partial charge >= 0.3 is 0 Å². The Morgan fingerprint density at radius 2 is 2.06 bits per heavy atom. The van der Waals surface area contributed by atoms with Crippen LogP contribution in [0.3, 0.4) is 0 Å². The van der Waals surface area contributed by atoms with Gasteiger partial charge in [0.15, 0.2) is 6.29 Å². The first-order valence-electron chi connectivity index (χ1n) is 6.03. The molecule has 100 valence electrons. The van der Waals surface area contributed by atoms with Crippen LogP contribution >= 0.6 is 0 Å². The van der Waals surface area contributed by atoms with Crippen molar-refractivity contribution in [2.75, 3.05) is 33.0 Å². The van der Waals surface area contributed by atoms with Crippen molar-refractivity contribution in [2.24, 2.45) is 11.7 Å². The first-order chi connectivity index (χ1) is 8.19. The number of carbonyl (C=O) groups is 1. The molecule has 0 aromatic rings. The molecule has 0 aromatic carbocycles. The van der Waals surface area contributed by atoms with E-state index in [-0.39, 0.29) is 17.9 Å². The average Bonchev–Trinajstić information content (AvgIpc) is 2.72. The van der Waals surface area contributed by atoms with E-state index in [1.54, 1.807) is 0 Å². The number of nitrogens with two attached hydrogens (primary N) is 1. The maximum atomic E-state index is 11.8. The summed E-state index contributed by atoms with van der Waals surface area (Å²) < 4.78 is 15.8. The average molecular weight is 246 g/mol. The van der Waals surface area contributed by atoms with Crippen LogP contribution in [0.25, 0.3) is 0 Å². The molecule has 0 radical (unpaired) electrons. The first kappa shape index (κ1) is 14.4. The van der Waals surface area contributed by atoms with Crippen molar-refractivity contribution in [3.8, 4) is 0 Å². The SMILES string of the molecule is CCOC(CNC(=O)C1COCC1N)OCC. The zero-order valence-corrected chi connectivity index (χ0v) is 10.5. The van der Waals surface area contributed by atoms with Crippen LogP contribution in [0.15, 0.2) is 0 Å². The lowest BCUT2D eigenvalue weighted by Gasteiger charge is -2.19. The Morgan fingerprint density at radius 3 is 2.53 bits per heavy atom. The number of amides is 1. The third kappa shape index (κ3) is 4.59. The second-order valence-corrected chi connectivity index (χ2v) is 3.89. The largest absolute Gasteiger partial charge is 0.379 e. The Morgan fingerprint density at radius 1 is 1.41 bits per heavy atom. The third-order valence-corrected chi connectivity index (χ3v) is 2.61. The maximum Gasteiger partial charge on any atom is 0.227 e. The summed E-state index contributed by atoms with van der Waals surface area (Å²) in [5.41, 5.74) is 5.76. The summed E-state index contributed by atoms with van der Waals surface area (Å²) >= 11 is 0. The molecule has 2 unspecified atom stereocenters. The number of hydrogen-bond acceptors (Lipinski definition) is 5. The fourth-order valence-electron chi connectivity index (χ4n) is 1.69. The van der Waals surface area contributed by atoms with E-state index >= 15 is 0 Å². The van der Waals surface area contributed by atoms with E-state index in [1.807, 2.05) is 13.8 Å². The molecule has 6 heteroatoms. The topological polar surface area (TPSA) is 82.8 Å². The number of carbonyl (C=O) groups excluding carboxylic acids is 1. The number of hydrogen-bond donors (Lipinski definition) is 2. The van der Waals surface area contributed by atoms with Crippen LogP contribution in [0.2, 0.25) is 0 Å². The van der Waals surface area contributed by atoms with Gasteiger partial charge in [0, 0.05) is 19.3 Å². The minimum atomic E-state index is -0.396. The standard InChI is InChI=1S/C11H22N2O4/c1-3-16-10(17-4-2)5-13-11(14)8-6-15-7-9(8)12/h8-10H,3-7,12H2,1-2H3,(H,13,14). The van der Waals surface area contributed by atoms with Crippen molar-refractivity contribution in [1.82, 2.24) is 5.32 Å². The van der Waals surface area contributed by atoms with Gasteiger partial charge in [-0.15, -0.1) is 0 Å². The van der Waals surface area contributed by atoms with Gasteiger partial charge in [-0.3, -0.25) is 4.79 Å². The van der Waals surface area contributed by atoms with Gasteiger partial charge in [-0.25, -0.2) is 0 Å². The van der Waals surface area contributed by atoms with E-state index in [4.69, 9.17) is 19.9 Å².